The van der Waals surface area contributed by atoms with Crippen LogP contribution in [-0.2, 0) is 4.79 Å². The zero-order valence-electron chi connectivity index (χ0n) is 12.0. The maximum atomic E-state index is 12.7. The van der Waals surface area contributed by atoms with Gasteiger partial charge in [-0.1, -0.05) is 25.3 Å². The van der Waals surface area contributed by atoms with Gasteiger partial charge in [-0.25, -0.2) is 0 Å². The van der Waals surface area contributed by atoms with Gasteiger partial charge in [0.15, 0.2) is 5.78 Å². The summed E-state index contributed by atoms with van der Waals surface area (Å²) in [5.74, 6) is 1.55. The molecule has 4 unspecified atom stereocenters. The third-order valence-electron chi connectivity index (χ3n) is 5.54. The number of hydrogen-bond acceptors (Lipinski definition) is 1. The van der Waals surface area contributed by atoms with Crippen molar-refractivity contribution in [2.75, 3.05) is 0 Å². The molecule has 0 amide bonds. The Balaban J connectivity index is 1.75. The molecule has 112 valence electrons. The maximum Gasteiger partial charge on any atom is 0.161 e. The minimum atomic E-state index is 0.107. The number of rotatable bonds is 1. The fraction of sp³-hybridized carbons (Fsp3) is 0.824. The van der Waals surface area contributed by atoms with Gasteiger partial charge in [0.2, 0.25) is 0 Å². The van der Waals surface area contributed by atoms with Crippen LogP contribution in [0.15, 0.2) is 11.6 Å². The summed E-state index contributed by atoms with van der Waals surface area (Å²) in [6.45, 7) is 0. The first-order chi connectivity index (χ1) is 9.66. The molecule has 3 heteroatoms. The SMILES string of the molecule is O=C1/C(=C/C2C(Cl)CCCC2Cl)CCC2CCCCC12. The molecular weight excluding hydrogens is 291 g/mol. The number of carbonyl (C=O) groups excluding carboxylic acids is 1. The highest BCUT2D eigenvalue weighted by molar-refractivity contribution is 6.24. The van der Waals surface area contributed by atoms with Gasteiger partial charge in [-0.05, 0) is 50.0 Å². The highest BCUT2D eigenvalue weighted by atomic mass is 35.5. The fourth-order valence-corrected chi connectivity index (χ4v) is 5.21. The Morgan fingerprint density at radius 1 is 0.900 bits per heavy atom. The number of halogens is 2. The Labute approximate surface area is 132 Å². The summed E-state index contributed by atoms with van der Waals surface area (Å²) in [4.78, 5) is 12.7. The number of alkyl halides is 2. The van der Waals surface area contributed by atoms with E-state index in [4.69, 9.17) is 23.2 Å². The van der Waals surface area contributed by atoms with Crippen molar-refractivity contribution < 1.29 is 4.79 Å². The van der Waals surface area contributed by atoms with Gasteiger partial charge < -0.3 is 0 Å². The molecule has 0 heterocycles. The van der Waals surface area contributed by atoms with Gasteiger partial charge >= 0.3 is 0 Å². The lowest BCUT2D eigenvalue weighted by molar-refractivity contribution is -0.123. The zero-order chi connectivity index (χ0) is 14.1. The molecule has 1 nitrogen and oxygen atoms in total. The van der Waals surface area contributed by atoms with Crippen LogP contribution < -0.4 is 0 Å². The fourth-order valence-electron chi connectivity index (χ4n) is 4.33. The van der Waals surface area contributed by atoms with Crippen molar-refractivity contribution >= 4 is 29.0 Å². The zero-order valence-corrected chi connectivity index (χ0v) is 13.5. The first-order valence-corrected chi connectivity index (χ1v) is 9.07. The van der Waals surface area contributed by atoms with E-state index in [9.17, 15) is 4.79 Å². The Kier molecular flexibility index (Phi) is 4.77. The molecule has 3 rings (SSSR count). The van der Waals surface area contributed by atoms with Crippen molar-refractivity contribution in [1.82, 2.24) is 0 Å². The van der Waals surface area contributed by atoms with Crippen LogP contribution in [0.2, 0.25) is 0 Å². The molecule has 4 atom stereocenters. The summed E-state index contributed by atoms with van der Waals surface area (Å²) >= 11 is 12.9. The molecule has 20 heavy (non-hydrogen) atoms. The maximum absolute atomic E-state index is 12.7. The van der Waals surface area contributed by atoms with E-state index in [1.54, 1.807) is 0 Å². The van der Waals surface area contributed by atoms with E-state index >= 15 is 0 Å². The highest BCUT2D eigenvalue weighted by Crippen LogP contribution is 2.42. The number of carbonyl (C=O) groups is 1. The van der Waals surface area contributed by atoms with Gasteiger partial charge in [0.25, 0.3) is 0 Å². The quantitative estimate of drug-likeness (QED) is 0.486. The summed E-state index contributed by atoms with van der Waals surface area (Å²) in [6.07, 6.45) is 12.3. The predicted octanol–water partition coefficient (Wildman–Crippen LogP) is 5.10. The Hall–Kier alpha value is -0.0100. The van der Waals surface area contributed by atoms with Gasteiger partial charge in [0.1, 0.15) is 0 Å². The molecule has 3 aliphatic rings. The molecule has 0 bridgehead atoms. The van der Waals surface area contributed by atoms with E-state index in [-0.39, 0.29) is 16.7 Å². The van der Waals surface area contributed by atoms with Crippen molar-refractivity contribution in [2.24, 2.45) is 17.8 Å². The number of ketones is 1. The Morgan fingerprint density at radius 3 is 2.35 bits per heavy atom. The molecule has 0 aromatic rings. The summed E-state index contributed by atoms with van der Waals surface area (Å²) < 4.78 is 0. The molecule has 3 fully saturated rings. The molecule has 0 spiro atoms. The summed E-state index contributed by atoms with van der Waals surface area (Å²) in [5.41, 5.74) is 1.04. The predicted molar refractivity (Wildman–Crippen MR) is 84.4 cm³/mol. The Bertz CT molecular complexity index is 394. The second-order valence-corrected chi connectivity index (χ2v) is 7.91. The third kappa shape index (κ3) is 2.95. The van der Waals surface area contributed by atoms with Crippen molar-refractivity contribution in [3.05, 3.63) is 11.6 Å². The number of allylic oxidation sites excluding steroid dienone is 2. The molecule has 0 radical (unpaired) electrons. The van der Waals surface area contributed by atoms with Crippen LogP contribution in [0.4, 0.5) is 0 Å². The van der Waals surface area contributed by atoms with Crippen LogP contribution in [0.3, 0.4) is 0 Å². The second kappa shape index (κ2) is 6.40. The van der Waals surface area contributed by atoms with Gasteiger partial charge in [-0.3, -0.25) is 4.79 Å². The summed E-state index contributed by atoms with van der Waals surface area (Å²) in [5, 5.41) is 0.214. The van der Waals surface area contributed by atoms with Crippen LogP contribution >= 0.6 is 23.2 Å². The minimum Gasteiger partial charge on any atom is -0.294 e. The molecule has 3 aliphatic carbocycles. The van der Waals surface area contributed by atoms with Crippen molar-refractivity contribution in [3.8, 4) is 0 Å². The van der Waals surface area contributed by atoms with Crippen LogP contribution in [0.5, 0.6) is 0 Å². The lowest BCUT2D eigenvalue weighted by Crippen LogP contribution is -2.34. The molecule has 0 N–H and O–H groups in total. The molecule has 0 aromatic carbocycles. The van der Waals surface area contributed by atoms with E-state index in [1.807, 2.05) is 0 Å². The van der Waals surface area contributed by atoms with Crippen LogP contribution in [-0.4, -0.2) is 16.5 Å². The van der Waals surface area contributed by atoms with Crippen LogP contribution in [0, 0.1) is 17.8 Å². The van der Waals surface area contributed by atoms with Gasteiger partial charge in [-0.15, -0.1) is 23.2 Å². The molecule has 0 saturated heterocycles. The average Bonchev–Trinajstić information content (AvgIpc) is 2.45. The summed E-state index contributed by atoms with van der Waals surface area (Å²) in [6, 6.07) is 0. The van der Waals surface area contributed by atoms with Crippen molar-refractivity contribution in [3.63, 3.8) is 0 Å². The van der Waals surface area contributed by atoms with E-state index in [1.165, 1.54) is 25.7 Å². The number of Topliss-reactive ketones (excluding diaryl/α,β-unsaturated/α-hetero) is 1. The van der Waals surface area contributed by atoms with E-state index < -0.39 is 0 Å². The topological polar surface area (TPSA) is 17.1 Å². The smallest absolute Gasteiger partial charge is 0.161 e. The Morgan fingerprint density at radius 2 is 1.60 bits per heavy atom. The lowest BCUT2D eigenvalue weighted by Gasteiger charge is -2.36. The lowest BCUT2D eigenvalue weighted by atomic mass is 9.68. The standard InChI is InChI=1S/C17H24Cl2O/c18-15-6-3-7-16(19)14(15)10-12-9-8-11-4-1-2-5-13(11)17(12)20/h10-11,13-16H,1-9H2/b12-10+. The molecule has 3 saturated carbocycles. The summed E-state index contributed by atoms with van der Waals surface area (Å²) in [7, 11) is 0. The van der Waals surface area contributed by atoms with E-state index in [0.29, 0.717) is 17.6 Å². The van der Waals surface area contributed by atoms with Gasteiger partial charge in [0, 0.05) is 22.6 Å². The minimum absolute atomic E-state index is 0.107. The third-order valence-corrected chi connectivity index (χ3v) is 6.55. The number of fused-ring (bicyclic) bond motifs is 1. The highest BCUT2D eigenvalue weighted by Gasteiger charge is 2.37. The largest absolute Gasteiger partial charge is 0.294 e. The van der Waals surface area contributed by atoms with Crippen LogP contribution in [0.1, 0.15) is 57.8 Å². The van der Waals surface area contributed by atoms with Crippen molar-refractivity contribution in [2.45, 2.75) is 68.5 Å². The van der Waals surface area contributed by atoms with E-state index in [0.717, 1.165) is 37.7 Å². The average molecular weight is 315 g/mol. The van der Waals surface area contributed by atoms with Crippen molar-refractivity contribution in [1.29, 1.82) is 0 Å². The first kappa shape index (κ1) is 14.9. The normalized spacial score (nSPS) is 44.4. The molecular formula is C17H24Cl2O. The molecule has 0 aliphatic heterocycles. The van der Waals surface area contributed by atoms with Crippen LogP contribution in [0.25, 0.3) is 0 Å². The first-order valence-electron chi connectivity index (χ1n) is 8.20. The monoisotopic (exact) mass is 314 g/mol. The van der Waals surface area contributed by atoms with Gasteiger partial charge in [-0.2, -0.15) is 0 Å². The van der Waals surface area contributed by atoms with Gasteiger partial charge in [0.05, 0.1) is 0 Å². The molecule has 0 aromatic heterocycles. The van der Waals surface area contributed by atoms with E-state index in [2.05, 4.69) is 6.08 Å². The second-order valence-electron chi connectivity index (χ2n) is 6.79. The number of hydrogen-bond donors (Lipinski definition) is 0.